The van der Waals surface area contributed by atoms with Crippen LogP contribution in [-0.2, 0) is 3.55 Å². The Balaban J connectivity index is 2.18. The molecule has 5 nitrogen and oxygen atoms in total. The first-order valence-electron chi connectivity index (χ1n) is 7.09. The molecule has 0 radical (unpaired) electrons. The third-order valence-electron chi connectivity index (χ3n) is 3.74. The van der Waals surface area contributed by atoms with Crippen LogP contribution in [-0.4, -0.2) is 14.8 Å². The first-order valence-corrected chi connectivity index (χ1v) is 8.96. The zero-order chi connectivity index (χ0) is 17.3. The van der Waals surface area contributed by atoms with Crippen molar-refractivity contribution in [2.75, 3.05) is 5.73 Å². The molecule has 0 saturated heterocycles. The van der Waals surface area contributed by atoms with Crippen molar-refractivity contribution >= 4 is 44.3 Å². The Bertz CT molecular complexity index is 911. The molecule has 0 fully saturated rings. The van der Waals surface area contributed by atoms with E-state index in [1.807, 2.05) is 43.3 Å². The van der Waals surface area contributed by atoms with Crippen molar-refractivity contribution < 1.29 is 0 Å². The van der Waals surface area contributed by atoms with E-state index in [4.69, 9.17) is 5.73 Å². The highest BCUT2D eigenvalue weighted by atomic mass is 127. The van der Waals surface area contributed by atoms with Crippen LogP contribution in [0, 0.1) is 11.3 Å². The largest absolute Gasteiger partial charge is 0.383 e. The van der Waals surface area contributed by atoms with Crippen LogP contribution >= 0.6 is 38.5 Å². The topological polar surface area (TPSA) is 80.5 Å². The first kappa shape index (κ1) is 16.9. The summed E-state index contributed by atoms with van der Waals surface area (Å²) in [6, 6.07) is 13.7. The van der Waals surface area contributed by atoms with E-state index in [-0.39, 0.29) is 0 Å². The van der Waals surface area contributed by atoms with Crippen LogP contribution in [0.5, 0.6) is 0 Å². The summed E-state index contributed by atoms with van der Waals surface area (Å²) in [5.41, 5.74) is 9.00. The maximum Gasteiger partial charge on any atom is 0.142 e. The van der Waals surface area contributed by atoms with Gasteiger partial charge in [0.1, 0.15) is 26.7 Å². The molecule has 0 bridgehead atoms. The number of hydrogen-bond donors (Lipinski definition) is 1. The van der Waals surface area contributed by atoms with Gasteiger partial charge >= 0.3 is 0 Å². The van der Waals surface area contributed by atoms with Crippen molar-refractivity contribution in [2.45, 2.75) is 10.5 Å². The molecule has 0 spiro atoms. The third-order valence-corrected chi connectivity index (χ3v) is 5.35. The molecule has 0 saturated carbocycles. The van der Waals surface area contributed by atoms with Crippen molar-refractivity contribution in [2.24, 2.45) is 0 Å². The summed E-state index contributed by atoms with van der Waals surface area (Å²) in [5, 5.41) is 14.2. The number of halogens is 2. The second-order valence-corrected chi connectivity index (χ2v) is 8.35. The molecular weight excluding hydrogens is 481 g/mol. The van der Waals surface area contributed by atoms with E-state index < -0.39 is 3.55 Å². The van der Waals surface area contributed by atoms with Crippen LogP contribution in [0.2, 0.25) is 0 Å². The monoisotopic (exact) mass is 493 g/mol. The van der Waals surface area contributed by atoms with E-state index in [9.17, 15) is 5.26 Å². The van der Waals surface area contributed by atoms with E-state index in [1.165, 1.54) is 0 Å². The maximum absolute atomic E-state index is 9.56. The van der Waals surface area contributed by atoms with E-state index in [0.717, 1.165) is 15.6 Å². The second-order valence-electron chi connectivity index (χ2n) is 5.33. The molecule has 120 valence electrons. The third kappa shape index (κ3) is 2.91. The van der Waals surface area contributed by atoms with Gasteiger partial charge in [-0.05, 0) is 47.7 Å². The first-order chi connectivity index (χ1) is 11.4. The molecule has 1 atom stereocenters. The lowest BCUT2D eigenvalue weighted by Crippen LogP contribution is -2.27. The summed E-state index contributed by atoms with van der Waals surface area (Å²) in [7, 11) is 0. The predicted octanol–water partition coefficient (Wildman–Crippen LogP) is 4.32. The van der Waals surface area contributed by atoms with Crippen LogP contribution in [0.4, 0.5) is 5.82 Å². The fraction of sp³-hybridized carbons (Fsp3) is 0.118. The number of benzene rings is 1. The Kier molecular flexibility index (Phi) is 4.60. The molecule has 0 amide bonds. The number of pyridine rings is 1. The maximum atomic E-state index is 9.56. The Morgan fingerprint density at radius 2 is 2.00 bits per heavy atom. The number of nitrogen functional groups attached to an aromatic ring is 1. The number of aromatic nitrogens is 3. The fourth-order valence-electron chi connectivity index (χ4n) is 2.43. The highest BCUT2D eigenvalue weighted by Gasteiger charge is 2.31. The summed E-state index contributed by atoms with van der Waals surface area (Å²) in [4.78, 5) is 4.17. The minimum Gasteiger partial charge on any atom is -0.383 e. The summed E-state index contributed by atoms with van der Waals surface area (Å²) >= 11 is 5.68. The summed E-state index contributed by atoms with van der Waals surface area (Å²) in [6.45, 7) is 1.99. The summed E-state index contributed by atoms with van der Waals surface area (Å²) in [6.07, 6.45) is 3.50. The molecule has 3 rings (SSSR count). The van der Waals surface area contributed by atoms with Crippen LogP contribution in [0.3, 0.4) is 0 Å². The molecule has 2 heterocycles. The number of alkyl halides is 1. The van der Waals surface area contributed by atoms with Crippen LogP contribution in [0.15, 0.2) is 53.3 Å². The smallest absolute Gasteiger partial charge is 0.142 e. The zero-order valence-electron chi connectivity index (χ0n) is 12.7. The van der Waals surface area contributed by atoms with Gasteiger partial charge in [-0.1, -0.05) is 34.1 Å². The van der Waals surface area contributed by atoms with Crippen LogP contribution in [0.25, 0.3) is 11.3 Å². The highest BCUT2D eigenvalue weighted by molar-refractivity contribution is 14.1. The van der Waals surface area contributed by atoms with Gasteiger partial charge in [-0.15, -0.1) is 0 Å². The van der Waals surface area contributed by atoms with E-state index in [2.05, 4.69) is 54.7 Å². The summed E-state index contributed by atoms with van der Waals surface area (Å²) in [5.74, 6) is 0.344. The second kappa shape index (κ2) is 6.53. The Labute approximate surface area is 161 Å². The number of anilines is 1. The van der Waals surface area contributed by atoms with Crippen LogP contribution in [0.1, 0.15) is 18.1 Å². The molecule has 7 heteroatoms. The lowest BCUT2D eigenvalue weighted by atomic mass is 10.1. The van der Waals surface area contributed by atoms with Gasteiger partial charge in [0.05, 0.1) is 0 Å². The predicted molar refractivity (Wildman–Crippen MR) is 105 cm³/mol. The minimum atomic E-state index is -0.560. The van der Waals surface area contributed by atoms with Gasteiger partial charge in [0.15, 0.2) is 0 Å². The Morgan fingerprint density at radius 3 is 2.58 bits per heavy atom. The van der Waals surface area contributed by atoms with Crippen molar-refractivity contribution in [1.82, 2.24) is 14.8 Å². The number of nitrogens with two attached hydrogens (primary N) is 1. The summed E-state index contributed by atoms with van der Waals surface area (Å²) < 4.78 is 2.08. The fourth-order valence-corrected chi connectivity index (χ4v) is 3.38. The standard InChI is InChI=1S/C17H13BrIN5/c1-17(19,12-3-2-8-22-10-12)24-16(21)14(9-20)15(23-24)11-4-6-13(18)7-5-11/h2-8,10H,21H2,1H3. The Hall–Kier alpha value is -1.92. The lowest BCUT2D eigenvalue weighted by molar-refractivity contribution is 0.547. The molecule has 3 aromatic rings. The van der Waals surface area contributed by atoms with Gasteiger partial charge < -0.3 is 5.73 Å². The number of hydrogen-bond acceptors (Lipinski definition) is 4. The minimum absolute atomic E-state index is 0.344. The highest BCUT2D eigenvalue weighted by Crippen LogP contribution is 2.38. The van der Waals surface area contributed by atoms with E-state index in [0.29, 0.717) is 17.1 Å². The quantitative estimate of drug-likeness (QED) is 0.435. The van der Waals surface area contributed by atoms with Gasteiger partial charge in [0.2, 0.25) is 0 Å². The number of rotatable bonds is 3. The van der Waals surface area contributed by atoms with Crippen molar-refractivity contribution in [3.05, 3.63) is 64.4 Å². The molecule has 2 N–H and O–H groups in total. The average Bonchev–Trinajstić information content (AvgIpc) is 2.93. The number of nitrogens with zero attached hydrogens (tertiary/aromatic N) is 4. The van der Waals surface area contributed by atoms with Gasteiger partial charge in [0, 0.05) is 28.0 Å². The van der Waals surface area contributed by atoms with Gasteiger partial charge in [-0.2, -0.15) is 10.4 Å². The molecule has 1 unspecified atom stereocenters. The SMILES string of the molecule is CC(I)(c1cccnc1)n1nc(-c2ccc(Br)cc2)c(C#N)c1N. The lowest BCUT2D eigenvalue weighted by Gasteiger charge is -2.24. The average molecular weight is 494 g/mol. The number of nitriles is 1. The van der Waals surface area contributed by atoms with Crippen LogP contribution < -0.4 is 5.73 Å². The van der Waals surface area contributed by atoms with Crippen molar-refractivity contribution in [3.63, 3.8) is 0 Å². The van der Waals surface area contributed by atoms with Crippen molar-refractivity contribution in [1.29, 1.82) is 5.26 Å². The van der Waals surface area contributed by atoms with Gasteiger partial charge in [-0.3, -0.25) is 4.98 Å². The molecule has 2 aromatic heterocycles. The van der Waals surface area contributed by atoms with E-state index in [1.54, 1.807) is 17.1 Å². The molecular formula is C17H13BrIN5. The van der Waals surface area contributed by atoms with Gasteiger partial charge in [-0.25, -0.2) is 4.68 Å². The van der Waals surface area contributed by atoms with Crippen molar-refractivity contribution in [3.8, 4) is 17.3 Å². The Morgan fingerprint density at radius 1 is 1.29 bits per heavy atom. The molecule has 24 heavy (non-hydrogen) atoms. The normalized spacial score (nSPS) is 13.2. The molecule has 0 aliphatic heterocycles. The van der Waals surface area contributed by atoms with E-state index >= 15 is 0 Å². The molecule has 0 aliphatic rings. The molecule has 0 aliphatic carbocycles. The molecule has 1 aromatic carbocycles. The van der Waals surface area contributed by atoms with Gasteiger partial charge in [0.25, 0.3) is 0 Å². The zero-order valence-corrected chi connectivity index (χ0v) is 16.5.